The van der Waals surface area contributed by atoms with Crippen molar-refractivity contribution in [2.75, 3.05) is 12.3 Å². The predicted octanol–water partition coefficient (Wildman–Crippen LogP) is 1.80. The molecule has 1 aromatic heterocycles. The molecule has 1 heterocycles. The normalized spacial score (nSPS) is 9.93. The van der Waals surface area contributed by atoms with Crippen LogP contribution in [0.5, 0.6) is 0 Å². The summed E-state index contributed by atoms with van der Waals surface area (Å²) >= 11 is 6.32. The van der Waals surface area contributed by atoms with E-state index >= 15 is 0 Å². The van der Waals surface area contributed by atoms with Crippen LogP contribution in [0.2, 0.25) is 0 Å². The van der Waals surface area contributed by atoms with E-state index in [1.807, 2.05) is 6.92 Å². The third-order valence-electron chi connectivity index (χ3n) is 1.86. The summed E-state index contributed by atoms with van der Waals surface area (Å²) in [6, 6.07) is 0. The Balaban J connectivity index is 3.00. The molecule has 0 saturated carbocycles. The second-order valence-corrected chi connectivity index (χ2v) is 4.47. The van der Waals surface area contributed by atoms with Crippen molar-refractivity contribution in [3.8, 4) is 0 Å². The number of nitrogens with one attached hydrogen (secondary N) is 1. The van der Waals surface area contributed by atoms with Crippen LogP contribution in [0.1, 0.15) is 16.6 Å². The molecule has 6 heteroatoms. The Hall–Kier alpha value is -1.14. The van der Waals surface area contributed by atoms with Crippen LogP contribution in [0.4, 0.5) is 5.82 Å². The van der Waals surface area contributed by atoms with Gasteiger partial charge in [0.25, 0.3) is 5.91 Å². The standard InChI is InChI=1S/C9H13N3OS2/c1-3-5-11-8(13)6-7(10)12(4-2)9(14)15-6/h3H,1,4-5,10H2,2H3,(H,11,13). The monoisotopic (exact) mass is 243 g/mol. The summed E-state index contributed by atoms with van der Waals surface area (Å²) in [7, 11) is 0. The molecule has 0 aliphatic heterocycles. The topological polar surface area (TPSA) is 60.0 Å². The molecule has 1 aromatic rings. The van der Waals surface area contributed by atoms with Crippen LogP contribution in [-0.4, -0.2) is 17.0 Å². The highest BCUT2D eigenvalue weighted by molar-refractivity contribution is 7.73. The van der Waals surface area contributed by atoms with Gasteiger partial charge >= 0.3 is 0 Å². The van der Waals surface area contributed by atoms with Crippen molar-refractivity contribution in [3.63, 3.8) is 0 Å². The lowest BCUT2D eigenvalue weighted by atomic mass is 10.4. The van der Waals surface area contributed by atoms with Crippen LogP contribution in [0.15, 0.2) is 12.7 Å². The molecule has 0 atom stereocenters. The summed E-state index contributed by atoms with van der Waals surface area (Å²) < 4.78 is 2.36. The number of nitrogen functional groups attached to an aromatic ring is 1. The van der Waals surface area contributed by atoms with E-state index in [0.29, 0.717) is 27.7 Å². The molecule has 0 radical (unpaired) electrons. The molecule has 3 N–H and O–H groups in total. The van der Waals surface area contributed by atoms with Gasteiger partial charge in [-0.1, -0.05) is 17.4 Å². The number of thiazole rings is 1. The molecule has 0 spiro atoms. The Morgan fingerprint density at radius 1 is 1.80 bits per heavy atom. The van der Waals surface area contributed by atoms with Gasteiger partial charge in [-0.25, -0.2) is 0 Å². The maximum Gasteiger partial charge on any atom is 0.265 e. The molecule has 0 fully saturated rings. The summed E-state index contributed by atoms with van der Waals surface area (Å²) in [6.45, 7) is 6.56. The lowest BCUT2D eigenvalue weighted by Crippen LogP contribution is -2.23. The van der Waals surface area contributed by atoms with E-state index in [-0.39, 0.29) is 5.91 Å². The van der Waals surface area contributed by atoms with Crippen molar-refractivity contribution >= 4 is 35.3 Å². The number of nitrogens with zero attached hydrogens (tertiary/aromatic N) is 1. The summed E-state index contributed by atoms with van der Waals surface area (Å²) in [6.07, 6.45) is 1.62. The van der Waals surface area contributed by atoms with Gasteiger partial charge in [-0.3, -0.25) is 4.79 Å². The van der Waals surface area contributed by atoms with E-state index < -0.39 is 0 Å². The highest BCUT2D eigenvalue weighted by atomic mass is 32.1. The van der Waals surface area contributed by atoms with Gasteiger partial charge in [0.05, 0.1) is 0 Å². The van der Waals surface area contributed by atoms with Crippen LogP contribution >= 0.6 is 23.6 Å². The molecule has 0 aliphatic carbocycles. The number of nitrogens with two attached hydrogens (primary N) is 1. The Morgan fingerprint density at radius 3 is 2.93 bits per heavy atom. The molecular weight excluding hydrogens is 230 g/mol. The molecule has 0 saturated heterocycles. The highest BCUT2D eigenvalue weighted by Gasteiger charge is 2.15. The SMILES string of the molecule is C=CCNC(=O)c1sc(=S)n(CC)c1N. The van der Waals surface area contributed by atoms with E-state index in [0.717, 1.165) is 0 Å². The van der Waals surface area contributed by atoms with Crippen molar-refractivity contribution in [2.45, 2.75) is 13.5 Å². The molecule has 82 valence electrons. The van der Waals surface area contributed by atoms with Gasteiger partial charge in [-0.15, -0.1) is 6.58 Å². The van der Waals surface area contributed by atoms with Crippen LogP contribution in [-0.2, 0) is 6.54 Å². The number of amides is 1. The van der Waals surface area contributed by atoms with Crippen molar-refractivity contribution in [1.29, 1.82) is 0 Å². The van der Waals surface area contributed by atoms with Gasteiger partial charge in [-0.05, 0) is 19.1 Å². The summed E-state index contributed by atoms with van der Waals surface area (Å²) in [5.41, 5.74) is 5.81. The first kappa shape index (κ1) is 11.9. The Labute approximate surface area is 97.4 Å². The first-order chi connectivity index (χ1) is 7.11. The molecular formula is C9H13N3OS2. The molecule has 0 aromatic carbocycles. The molecule has 1 rings (SSSR count). The predicted molar refractivity (Wildman–Crippen MR) is 65.8 cm³/mol. The molecule has 0 aliphatic rings. The molecule has 4 nitrogen and oxygen atoms in total. The zero-order valence-electron chi connectivity index (χ0n) is 8.45. The fraction of sp³-hybridized carbons (Fsp3) is 0.333. The number of hydrogen-bond acceptors (Lipinski definition) is 4. The largest absolute Gasteiger partial charge is 0.384 e. The first-order valence-electron chi connectivity index (χ1n) is 4.50. The fourth-order valence-electron chi connectivity index (χ4n) is 1.12. The average Bonchev–Trinajstić information content (AvgIpc) is 2.50. The minimum absolute atomic E-state index is 0.198. The Kier molecular flexibility index (Phi) is 4.05. The van der Waals surface area contributed by atoms with E-state index in [4.69, 9.17) is 18.0 Å². The second-order valence-electron chi connectivity index (χ2n) is 2.83. The van der Waals surface area contributed by atoms with Crippen LogP contribution < -0.4 is 11.1 Å². The lowest BCUT2D eigenvalue weighted by Gasteiger charge is -2.02. The maximum absolute atomic E-state index is 11.6. The number of rotatable bonds is 4. The highest BCUT2D eigenvalue weighted by Crippen LogP contribution is 2.21. The number of carbonyl (C=O) groups excluding carboxylic acids is 1. The Morgan fingerprint density at radius 2 is 2.47 bits per heavy atom. The first-order valence-corrected chi connectivity index (χ1v) is 5.72. The van der Waals surface area contributed by atoms with E-state index in [1.54, 1.807) is 10.6 Å². The smallest absolute Gasteiger partial charge is 0.265 e. The fourth-order valence-corrected chi connectivity index (χ4v) is 2.49. The van der Waals surface area contributed by atoms with Crippen molar-refractivity contribution in [1.82, 2.24) is 9.88 Å². The third-order valence-corrected chi connectivity index (χ3v) is 3.33. The second kappa shape index (κ2) is 5.09. The zero-order valence-corrected chi connectivity index (χ0v) is 10.1. The zero-order chi connectivity index (χ0) is 11.4. The van der Waals surface area contributed by atoms with Gasteiger partial charge in [0, 0.05) is 13.1 Å². The van der Waals surface area contributed by atoms with Gasteiger partial charge in [0.1, 0.15) is 10.7 Å². The van der Waals surface area contributed by atoms with E-state index in [9.17, 15) is 4.79 Å². The molecule has 0 unspecified atom stereocenters. The minimum Gasteiger partial charge on any atom is -0.384 e. The van der Waals surface area contributed by atoms with Gasteiger partial charge in [0.15, 0.2) is 3.95 Å². The third kappa shape index (κ3) is 2.45. The van der Waals surface area contributed by atoms with Crippen molar-refractivity contribution in [2.24, 2.45) is 0 Å². The maximum atomic E-state index is 11.6. The Bertz CT molecular complexity index is 433. The summed E-state index contributed by atoms with van der Waals surface area (Å²) in [5.74, 6) is 0.241. The molecule has 1 amide bonds. The van der Waals surface area contributed by atoms with Crippen LogP contribution in [0.3, 0.4) is 0 Å². The van der Waals surface area contributed by atoms with Gasteiger partial charge in [-0.2, -0.15) is 0 Å². The quantitative estimate of drug-likeness (QED) is 0.626. The average molecular weight is 243 g/mol. The number of anilines is 1. The van der Waals surface area contributed by atoms with E-state index in [1.165, 1.54) is 11.3 Å². The number of aromatic nitrogens is 1. The van der Waals surface area contributed by atoms with Gasteiger partial charge < -0.3 is 15.6 Å². The van der Waals surface area contributed by atoms with Crippen LogP contribution in [0, 0.1) is 3.95 Å². The van der Waals surface area contributed by atoms with Gasteiger partial charge in [0.2, 0.25) is 0 Å². The van der Waals surface area contributed by atoms with Crippen molar-refractivity contribution in [3.05, 3.63) is 21.5 Å². The molecule has 0 bridgehead atoms. The van der Waals surface area contributed by atoms with Crippen molar-refractivity contribution < 1.29 is 4.79 Å². The lowest BCUT2D eigenvalue weighted by molar-refractivity contribution is 0.0962. The van der Waals surface area contributed by atoms with Crippen LogP contribution in [0.25, 0.3) is 0 Å². The number of hydrogen-bond donors (Lipinski definition) is 2. The minimum atomic E-state index is -0.198. The summed E-state index contributed by atoms with van der Waals surface area (Å²) in [4.78, 5) is 12.1. The summed E-state index contributed by atoms with van der Waals surface area (Å²) in [5, 5.41) is 2.67. The molecule has 15 heavy (non-hydrogen) atoms. The number of carbonyl (C=O) groups is 1. The van der Waals surface area contributed by atoms with E-state index in [2.05, 4.69) is 11.9 Å².